The first-order chi connectivity index (χ1) is 10.3. The summed E-state index contributed by atoms with van der Waals surface area (Å²) in [7, 11) is 1.14. The van der Waals surface area contributed by atoms with Crippen molar-refractivity contribution in [2.45, 2.75) is 32.8 Å². The van der Waals surface area contributed by atoms with Crippen LogP contribution in [-0.4, -0.2) is 25.2 Å². The van der Waals surface area contributed by atoms with Gasteiger partial charge in [-0.2, -0.15) is 0 Å². The van der Waals surface area contributed by atoms with Gasteiger partial charge < -0.3 is 9.47 Å². The fourth-order valence-corrected chi connectivity index (χ4v) is 2.83. The first-order valence-corrected chi connectivity index (χ1v) is 7.92. The van der Waals surface area contributed by atoms with E-state index in [1.807, 2.05) is 6.92 Å². The molecule has 1 rings (SSSR count). The minimum Gasteiger partial charge on any atom is -0.465 e. The van der Waals surface area contributed by atoms with Crippen molar-refractivity contribution in [3.05, 3.63) is 31.2 Å². The summed E-state index contributed by atoms with van der Waals surface area (Å²) < 4.78 is 9.87. The smallest absolute Gasteiger partial charge is 0.340 e. The summed E-state index contributed by atoms with van der Waals surface area (Å²) in [5, 5.41) is -0.675. The van der Waals surface area contributed by atoms with Crippen molar-refractivity contribution in [3.63, 3.8) is 0 Å². The Morgan fingerprint density at radius 3 is 1.82 bits per heavy atom. The average Bonchev–Trinajstić information content (AvgIpc) is 2.47. The van der Waals surface area contributed by atoms with Gasteiger partial charge >= 0.3 is 11.9 Å². The highest BCUT2D eigenvalue weighted by atomic mass is 35.5. The molecule has 0 heterocycles. The van der Waals surface area contributed by atoms with E-state index in [-0.39, 0.29) is 37.3 Å². The van der Waals surface area contributed by atoms with Crippen molar-refractivity contribution in [1.29, 1.82) is 0 Å². The minimum atomic E-state index is -0.861. The van der Waals surface area contributed by atoms with Crippen molar-refractivity contribution in [3.8, 4) is 0 Å². The van der Waals surface area contributed by atoms with Crippen molar-refractivity contribution < 1.29 is 19.1 Å². The van der Waals surface area contributed by atoms with Gasteiger partial charge in [-0.15, -0.1) is 0 Å². The summed E-state index contributed by atoms with van der Waals surface area (Å²) in [6.07, 6.45) is 1.13. The number of methoxy groups -OCH3 is 1. The molecular formula is C14H14Cl4O4. The second-order valence-electron chi connectivity index (χ2n) is 4.50. The summed E-state index contributed by atoms with van der Waals surface area (Å²) >= 11 is 23.9. The molecule has 0 N–H and O–H groups in total. The normalized spacial score (nSPS) is 12.0. The summed E-state index contributed by atoms with van der Waals surface area (Å²) in [5.74, 6) is -1.67. The van der Waals surface area contributed by atoms with E-state index in [4.69, 9.17) is 51.1 Å². The number of benzene rings is 1. The number of esters is 2. The third-order valence-corrected chi connectivity index (χ3v) is 4.67. The van der Waals surface area contributed by atoms with Crippen LogP contribution >= 0.6 is 46.4 Å². The molecule has 0 fully saturated rings. The van der Waals surface area contributed by atoms with Gasteiger partial charge in [-0.3, -0.25) is 0 Å². The molecule has 1 unspecified atom stereocenters. The number of carbonyl (C=O) groups is 2. The molecule has 0 amide bonds. The topological polar surface area (TPSA) is 52.6 Å². The maximum absolute atomic E-state index is 12.3. The summed E-state index contributed by atoms with van der Waals surface area (Å²) in [4.78, 5) is 24.2. The van der Waals surface area contributed by atoms with Crippen LogP contribution in [0.2, 0.25) is 20.1 Å². The van der Waals surface area contributed by atoms with Gasteiger partial charge in [-0.05, 0) is 13.3 Å². The van der Waals surface area contributed by atoms with E-state index >= 15 is 0 Å². The third-order valence-electron chi connectivity index (χ3n) is 2.86. The SMILES string of the molecule is CCCC(C)OC(=O)c1c(Cl)c(Cl)c(Cl)c(Cl)c1C(=O)OC. The lowest BCUT2D eigenvalue weighted by Gasteiger charge is -2.17. The Morgan fingerprint density at radius 1 is 0.955 bits per heavy atom. The number of ether oxygens (including phenoxy) is 2. The molecule has 8 heteroatoms. The van der Waals surface area contributed by atoms with Crippen LogP contribution in [0.5, 0.6) is 0 Å². The van der Waals surface area contributed by atoms with Crippen molar-refractivity contribution in [1.82, 2.24) is 0 Å². The van der Waals surface area contributed by atoms with Crippen LogP contribution < -0.4 is 0 Å². The Morgan fingerprint density at radius 2 is 1.41 bits per heavy atom. The second-order valence-corrected chi connectivity index (χ2v) is 6.01. The van der Waals surface area contributed by atoms with Crippen LogP contribution in [0.25, 0.3) is 0 Å². The molecule has 0 radical (unpaired) electrons. The summed E-state index contributed by atoms with van der Waals surface area (Å²) in [5.41, 5.74) is -0.520. The van der Waals surface area contributed by atoms with Crippen molar-refractivity contribution in [2.75, 3.05) is 7.11 Å². The van der Waals surface area contributed by atoms with Gasteiger partial charge in [0, 0.05) is 0 Å². The Labute approximate surface area is 148 Å². The van der Waals surface area contributed by atoms with Crippen LogP contribution in [0.4, 0.5) is 0 Å². The fourth-order valence-electron chi connectivity index (χ4n) is 1.82. The zero-order valence-corrected chi connectivity index (χ0v) is 15.2. The van der Waals surface area contributed by atoms with Gasteiger partial charge in [-0.25, -0.2) is 9.59 Å². The average molecular weight is 388 g/mol. The second kappa shape index (κ2) is 8.25. The van der Waals surface area contributed by atoms with Gasteiger partial charge in [-0.1, -0.05) is 59.7 Å². The van der Waals surface area contributed by atoms with E-state index in [9.17, 15) is 9.59 Å². The zero-order chi connectivity index (χ0) is 17.0. The van der Waals surface area contributed by atoms with Crippen molar-refractivity contribution >= 4 is 58.3 Å². The first-order valence-electron chi connectivity index (χ1n) is 6.41. The summed E-state index contributed by atoms with van der Waals surface area (Å²) in [6, 6.07) is 0. The third kappa shape index (κ3) is 3.99. The molecule has 4 nitrogen and oxygen atoms in total. The van der Waals surface area contributed by atoms with Gasteiger partial charge in [0.15, 0.2) is 0 Å². The maximum Gasteiger partial charge on any atom is 0.340 e. The van der Waals surface area contributed by atoms with E-state index < -0.39 is 11.9 Å². The van der Waals surface area contributed by atoms with Crippen molar-refractivity contribution in [2.24, 2.45) is 0 Å². The molecule has 1 atom stereocenters. The highest BCUT2D eigenvalue weighted by molar-refractivity contribution is 6.54. The Bertz CT molecular complexity index is 601. The molecule has 22 heavy (non-hydrogen) atoms. The largest absolute Gasteiger partial charge is 0.465 e. The van der Waals surface area contributed by atoms with Crippen LogP contribution in [-0.2, 0) is 9.47 Å². The number of rotatable bonds is 5. The van der Waals surface area contributed by atoms with Gasteiger partial charge in [0.25, 0.3) is 0 Å². The van der Waals surface area contributed by atoms with Crippen LogP contribution in [0.3, 0.4) is 0 Å². The first kappa shape index (κ1) is 19.4. The van der Waals surface area contributed by atoms with E-state index in [0.717, 1.165) is 13.5 Å². The molecule has 1 aromatic rings. The lowest BCUT2D eigenvalue weighted by atomic mass is 10.1. The van der Waals surface area contributed by atoms with E-state index in [2.05, 4.69) is 4.74 Å². The fraction of sp³-hybridized carbons (Fsp3) is 0.429. The number of hydrogen-bond acceptors (Lipinski definition) is 4. The van der Waals surface area contributed by atoms with E-state index in [1.54, 1.807) is 6.92 Å². The van der Waals surface area contributed by atoms with E-state index in [1.165, 1.54) is 0 Å². The monoisotopic (exact) mass is 386 g/mol. The van der Waals surface area contributed by atoms with Gasteiger partial charge in [0.2, 0.25) is 0 Å². The molecular weight excluding hydrogens is 374 g/mol. The quantitative estimate of drug-likeness (QED) is 0.383. The Kier molecular flexibility index (Phi) is 7.26. The molecule has 0 aliphatic rings. The van der Waals surface area contributed by atoms with Gasteiger partial charge in [0.05, 0.1) is 44.4 Å². The predicted octanol–water partition coefficient (Wildman–Crippen LogP) is 5.43. The zero-order valence-electron chi connectivity index (χ0n) is 12.1. The Balaban J connectivity index is 3.44. The molecule has 0 spiro atoms. The van der Waals surface area contributed by atoms with Gasteiger partial charge in [0.1, 0.15) is 0 Å². The predicted molar refractivity (Wildman–Crippen MR) is 87.6 cm³/mol. The number of halogens is 4. The molecule has 0 aliphatic heterocycles. The molecule has 0 aliphatic carbocycles. The molecule has 0 aromatic heterocycles. The standard InChI is InChI=1S/C14H14Cl4O4/c1-4-5-6(2)22-14(20)8-7(13(19)21-3)9(15)11(17)12(18)10(8)16/h6H,4-5H2,1-3H3. The summed E-state index contributed by atoms with van der Waals surface area (Å²) in [6.45, 7) is 3.68. The molecule has 0 bridgehead atoms. The molecule has 0 saturated carbocycles. The highest BCUT2D eigenvalue weighted by Gasteiger charge is 2.31. The van der Waals surface area contributed by atoms with Crippen LogP contribution in [0.15, 0.2) is 0 Å². The molecule has 0 saturated heterocycles. The Hall–Kier alpha value is -0.680. The lowest BCUT2D eigenvalue weighted by Crippen LogP contribution is -2.19. The maximum atomic E-state index is 12.3. The number of carbonyl (C=O) groups excluding carboxylic acids is 2. The molecule has 122 valence electrons. The molecule has 1 aromatic carbocycles. The highest BCUT2D eigenvalue weighted by Crippen LogP contribution is 2.42. The van der Waals surface area contributed by atoms with Crippen LogP contribution in [0.1, 0.15) is 47.4 Å². The lowest BCUT2D eigenvalue weighted by molar-refractivity contribution is 0.0316. The van der Waals surface area contributed by atoms with Crippen LogP contribution in [0, 0.1) is 0 Å². The van der Waals surface area contributed by atoms with E-state index in [0.29, 0.717) is 6.42 Å². The number of hydrogen-bond donors (Lipinski definition) is 0. The minimum absolute atomic E-state index is 0.129.